The third kappa shape index (κ3) is 4.78. The lowest BCUT2D eigenvalue weighted by molar-refractivity contribution is 0.0939. The van der Waals surface area contributed by atoms with Crippen LogP contribution in [-0.4, -0.2) is 11.9 Å². The third-order valence-electron chi connectivity index (χ3n) is 3.01. The Morgan fingerprint density at radius 2 is 1.95 bits per heavy atom. The van der Waals surface area contributed by atoms with Gasteiger partial charge in [-0.05, 0) is 87.8 Å². The van der Waals surface area contributed by atoms with Crippen molar-refractivity contribution in [2.45, 2.75) is 19.4 Å². The second-order valence-corrected chi connectivity index (χ2v) is 6.93. The predicted molar refractivity (Wildman–Crippen MR) is 93.9 cm³/mol. The first-order valence-corrected chi connectivity index (χ1v) is 8.33. The fourth-order valence-corrected chi connectivity index (χ4v) is 2.92. The van der Waals surface area contributed by atoms with Gasteiger partial charge in [0.05, 0.1) is 5.56 Å². The Hall–Kier alpha value is -0.950. The zero-order valence-corrected chi connectivity index (χ0v) is 15.1. The minimum atomic E-state index is -0.252. The van der Waals surface area contributed by atoms with Crippen LogP contribution in [0.3, 0.4) is 0 Å². The van der Waals surface area contributed by atoms with Gasteiger partial charge >= 0.3 is 0 Å². The smallest absolute Gasteiger partial charge is 0.252 e. The molecule has 2 rings (SSSR count). The molecule has 0 aromatic heterocycles. The number of halogens is 3. The van der Waals surface area contributed by atoms with Gasteiger partial charge < -0.3 is 5.32 Å². The average molecular weight is 462 g/mol. The third-order valence-corrected chi connectivity index (χ3v) is 4.37. The molecular formula is C16H14BrFINO. The summed E-state index contributed by atoms with van der Waals surface area (Å²) in [5.41, 5.74) is 1.61. The summed E-state index contributed by atoms with van der Waals surface area (Å²) in [6.07, 6.45) is 0.660. The summed E-state index contributed by atoms with van der Waals surface area (Å²) >= 11 is 5.56. The Balaban J connectivity index is 2.01. The second-order valence-electron chi connectivity index (χ2n) is 4.83. The first-order chi connectivity index (χ1) is 9.95. The molecule has 0 aliphatic carbocycles. The van der Waals surface area contributed by atoms with Crippen molar-refractivity contribution in [2.24, 2.45) is 0 Å². The van der Waals surface area contributed by atoms with Crippen molar-refractivity contribution >= 4 is 44.4 Å². The van der Waals surface area contributed by atoms with Crippen molar-refractivity contribution in [2.75, 3.05) is 0 Å². The molecule has 21 heavy (non-hydrogen) atoms. The molecule has 0 radical (unpaired) electrons. The lowest BCUT2D eigenvalue weighted by Crippen LogP contribution is -2.34. The van der Waals surface area contributed by atoms with Gasteiger partial charge in [0.25, 0.3) is 5.91 Å². The van der Waals surface area contributed by atoms with Gasteiger partial charge in [-0.25, -0.2) is 4.39 Å². The van der Waals surface area contributed by atoms with E-state index in [1.165, 1.54) is 12.1 Å². The van der Waals surface area contributed by atoms with Gasteiger partial charge in [0, 0.05) is 14.1 Å². The summed E-state index contributed by atoms with van der Waals surface area (Å²) in [5, 5.41) is 2.96. The zero-order chi connectivity index (χ0) is 15.4. The van der Waals surface area contributed by atoms with Gasteiger partial charge in [0.2, 0.25) is 0 Å². The highest BCUT2D eigenvalue weighted by molar-refractivity contribution is 14.1. The van der Waals surface area contributed by atoms with Crippen LogP contribution in [0.2, 0.25) is 0 Å². The van der Waals surface area contributed by atoms with E-state index in [0.717, 1.165) is 13.6 Å². The fraction of sp³-hybridized carbons (Fsp3) is 0.188. The molecule has 110 valence electrons. The minimum absolute atomic E-state index is 0.0345. The van der Waals surface area contributed by atoms with Gasteiger partial charge in [-0.15, -0.1) is 0 Å². The van der Waals surface area contributed by atoms with Crippen LogP contribution in [0.5, 0.6) is 0 Å². The van der Waals surface area contributed by atoms with E-state index in [9.17, 15) is 9.18 Å². The summed E-state index contributed by atoms with van der Waals surface area (Å²) < 4.78 is 14.6. The Bertz CT molecular complexity index is 645. The summed E-state index contributed by atoms with van der Waals surface area (Å²) in [5.74, 6) is -0.367. The first-order valence-electron chi connectivity index (χ1n) is 6.46. The van der Waals surface area contributed by atoms with E-state index in [-0.39, 0.29) is 17.8 Å². The molecule has 1 unspecified atom stereocenters. The molecule has 0 spiro atoms. The fourth-order valence-electron chi connectivity index (χ4n) is 2.00. The Kier molecular flexibility index (Phi) is 5.75. The number of hydrogen-bond donors (Lipinski definition) is 1. The van der Waals surface area contributed by atoms with Crippen molar-refractivity contribution in [3.63, 3.8) is 0 Å². The van der Waals surface area contributed by atoms with E-state index in [4.69, 9.17) is 0 Å². The molecule has 2 nitrogen and oxygen atoms in total. The number of carbonyl (C=O) groups excluding carboxylic acids is 1. The Labute approximate surface area is 145 Å². The molecule has 0 fully saturated rings. The number of nitrogens with one attached hydrogen (secondary N) is 1. The summed E-state index contributed by atoms with van der Waals surface area (Å²) in [7, 11) is 0. The summed E-state index contributed by atoms with van der Waals surface area (Å²) in [6, 6.07) is 11.9. The van der Waals surface area contributed by atoms with E-state index in [1.807, 2.05) is 25.1 Å². The lowest BCUT2D eigenvalue weighted by Gasteiger charge is -2.15. The number of carbonyl (C=O) groups is 1. The number of hydrogen-bond acceptors (Lipinski definition) is 1. The molecule has 0 saturated heterocycles. The van der Waals surface area contributed by atoms with Crippen molar-refractivity contribution in [3.8, 4) is 0 Å². The van der Waals surface area contributed by atoms with Crippen LogP contribution < -0.4 is 5.32 Å². The number of benzene rings is 2. The topological polar surface area (TPSA) is 29.1 Å². The van der Waals surface area contributed by atoms with Crippen molar-refractivity contribution < 1.29 is 9.18 Å². The maximum absolute atomic E-state index is 12.9. The molecular weight excluding hydrogens is 448 g/mol. The molecule has 0 heterocycles. The van der Waals surface area contributed by atoms with Gasteiger partial charge in [0.1, 0.15) is 5.82 Å². The molecule has 1 amide bonds. The standard InChI is InChI=1S/C16H14BrFINO/c1-10(8-11-2-4-12(18)5-3-11)20-16(21)14-9-13(19)6-7-15(14)17/h2-7,9-10H,8H2,1H3,(H,20,21). The average Bonchev–Trinajstić information content (AvgIpc) is 2.44. The van der Waals surface area contributed by atoms with E-state index in [1.54, 1.807) is 12.1 Å². The normalized spacial score (nSPS) is 12.0. The molecule has 0 aliphatic rings. The van der Waals surface area contributed by atoms with Crippen molar-refractivity contribution in [1.82, 2.24) is 5.32 Å². The quantitative estimate of drug-likeness (QED) is 0.664. The van der Waals surface area contributed by atoms with E-state index in [2.05, 4.69) is 43.8 Å². The highest BCUT2D eigenvalue weighted by Crippen LogP contribution is 2.19. The van der Waals surface area contributed by atoms with Crippen LogP contribution in [0, 0.1) is 9.39 Å². The molecule has 2 aromatic rings. The SMILES string of the molecule is CC(Cc1ccc(F)cc1)NC(=O)c1cc(I)ccc1Br. The van der Waals surface area contributed by atoms with Crippen LogP contribution in [-0.2, 0) is 6.42 Å². The van der Waals surface area contributed by atoms with Crippen LogP contribution in [0.25, 0.3) is 0 Å². The maximum atomic E-state index is 12.9. The molecule has 0 saturated carbocycles. The molecule has 1 atom stereocenters. The molecule has 0 bridgehead atoms. The number of rotatable bonds is 4. The van der Waals surface area contributed by atoms with Gasteiger partial charge in [-0.3, -0.25) is 4.79 Å². The van der Waals surface area contributed by atoms with E-state index in [0.29, 0.717) is 12.0 Å². The van der Waals surface area contributed by atoms with E-state index < -0.39 is 0 Å². The summed E-state index contributed by atoms with van der Waals surface area (Å²) in [6.45, 7) is 1.93. The van der Waals surface area contributed by atoms with Crippen molar-refractivity contribution in [3.05, 3.63) is 67.5 Å². The van der Waals surface area contributed by atoms with Gasteiger partial charge in [-0.2, -0.15) is 0 Å². The van der Waals surface area contributed by atoms with Crippen LogP contribution in [0.1, 0.15) is 22.8 Å². The Morgan fingerprint density at radius 1 is 1.29 bits per heavy atom. The molecule has 5 heteroatoms. The lowest BCUT2D eigenvalue weighted by atomic mass is 10.1. The highest BCUT2D eigenvalue weighted by Gasteiger charge is 2.13. The van der Waals surface area contributed by atoms with Gasteiger partial charge in [0.15, 0.2) is 0 Å². The first kappa shape index (κ1) is 16.4. The van der Waals surface area contributed by atoms with Gasteiger partial charge in [-0.1, -0.05) is 12.1 Å². The molecule has 1 N–H and O–H groups in total. The second kappa shape index (κ2) is 7.35. The highest BCUT2D eigenvalue weighted by atomic mass is 127. The molecule has 0 aliphatic heterocycles. The minimum Gasteiger partial charge on any atom is -0.349 e. The van der Waals surface area contributed by atoms with Crippen LogP contribution >= 0.6 is 38.5 Å². The zero-order valence-electron chi connectivity index (χ0n) is 11.4. The largest absolute Gasteiger partial charge is 0.349 e. The van der Waals surface area contributed by atoms with Crippen LogP contribution in [0.4, 0.5) is 4.39 Å². The Morgan fingerprint density at radius 3 is 2.62 bits per heavy atom. The number of amides is 1. The van der Waals surface area contributed by atoms with Crippen LogP contribution in [0.15, 0.2) is 46.9 Å². The van der Waals surface area contributed by atoms with E-state index >= 15 is 0 Å². The predicted octanol–water partition coefficient (Wildman–Crippen LogP) is 4.55. The molecule has 2 aromatic carbocycles. The monoisotopic (exact) mass is 461 g/mol. The summed E-state index contributed by atoms with van der Waals surface area (Å²) in [4.78, 5) is 12.3. The maximum Gasteiger partial charge on any atom is 0.252 e. The van der Waals surface area contributed by atoms with Crippen molar-refractivity contribution in [1.29, 1.82) is 0 Å².